The van der Waals surface area contributed by atoms with Crippen LogP contribution in [0.25, 0.3) is 92.8 Å². The standard InChI is InChI=1S/C46H29N/c1-2-14-30(15-3-1)43-36-19-7-9-21-38(36)44(39-22-10-8-20-37(39)43)31-26-28-32(29-27-31)47-42-25-13-12-24-41(42)45-35-18-6-4-16-33(35)34-17-5-11-23-40(34)46(45)47/h1-29H. The van der Waals surface area contributed by atoms with Gasteiger partial charge in [-0.2, -0.15) is 0 Å². The molecule has 47 heavy (non-hydrogen) atoms. The van der Waals surface area contributed by atoms with E-state index in [1.54, 1.807) is 0 Å². The molecule has 0 N–H and O–H groups in total. The molecule has 0 saturated carbocycles. The Hall–Kier alpha value is -6.18. The molecule has 0 aliphatic heterocycles. The molecule has 0 aliphatic carbocycles. The first-order chi connectivity index (χ1) is 23.4. The summed E-state index contributed by atoms with van der Waals surface area (Å²) in [5.74, 6) is 0. The van der Waals surface area contributed by atoms with Crippen molar-refractivity contribution in [3.05, 3.63) is 176 Å². The summed E-state index contributed by atoms with van der Waals surface area (Å²) < 4.78 is 2.47. The summed E-state index contributed by atoms with van der Waals surface area (Å²) in [7, 11) is 0. The van der Waals surface area contributed by atoms with Crippen LogP contribution in [-0.2, 0) is 0 Å². The maximum atomic E-state index is 2.47. The molecule has 0 bridgehead atoms. The Labute approximate surface area is 272 Å². The van der Waals surface area contributed by atoms with E-state index in [0.717, 1.165) is 5.69 Å². The topological polar surface area (TPSA) is 4.93 Å². The summed E-state index contributed by atoms with van der Waals surface area (Å²) in [6.45, 7) is 0. The fourth-order valence-corrected chi connectivity index (χ4v) is 8.03. The van der Waals surface area contributed by atoms with Gasteiger partial charge in [-0.1, -0.05) is 158 Å². The highest BCUT2D eigenvalue weighted by Gasteiger charge is 2.20. The molecule has 0 aliphatic rings. The summed E-state index contributed by atoms with van der Waals surface area (Å²) in [6.07, 6.45) is 0. The maximum Gasteiger partial charge on any atom is 0.0625 e. The molecule has 0 radical (unpaired) electrons. The van der Waals surface area contributed by atoms with E-state index in [-0.39, 0.29) is 0 Å². The van der Waals surface area contributed by atoms with Crippen molar-refractivity contribution in [2.45, 2.75) is 0 Å². The molecular formula is C46H29N. The van der Waals surface area contributed by atoms with Crippen molar-refractivity contribution in [1.82, 2.24) is 4.57 Å². The summed E-state index contributed by atoms with van der Waals surface area (Å²) in [6, 6.07) is 64.3. The quantitative estimate of drug-likeness (QED) is 0.141. The van der Waals surface area contributed by atoms with Gasteiger partial charge in [0.2, 0.25) is 0 Å². The van der Waals surface area contributed by atoms with E-state index in [4.69, 9.17) is 0 Å². The Morgan fingerprint density at radius 1 is 0.277 bits per heavy atom. The largest absolute Gasteiger partial charge is 0.309 e. The normalized spacial score (nSPS) is 11.8. The third-order valence-electron chi connectivity index (χ3n) is 9.95. The van der Waals surface area contributed by atoms with Gasteiger partial charge >= 0.3 is 0 Å². The lowest BCUT2D eigenvalue weighted by molar-refractivity contribution is 1.19. The highest BCUT2D eigenvalue weighted by atomic mass is 15.0. The lowest BCUT2D eigenvalue weighted by atomic mass is 9.86. The second-order valence-electron chi connectivity index (χ2n) is 12.4. The zero-order valence-electron chi connectivity index (χ0n) is 25.7. The maximum absolute atomic E-state index is 2.47. The van der Waals surface area contributed by atoms with Crippen molar-refractivity contribution in [2.24, 2.45) is 0 Å². The van der Waals surface area contributed by atoms with E-state index < -0.39 is 0 Å². The lowest BCUT2D eigenvalue weighted by Crippen LogP contribution is -1.95. The minimum Gasteiger partial charge on any atom is -0.309 e. The lowest BCUT2D eigenvalue weighted by Gasteiger charge is -2.18. The smallest absolute Gasteiger partial charge is 0.0625 e. The molecular weight excluding hydrogens is 567 g/mol. The van der Waals surface area contributed by atoms with Gasteiger partial charge in [0.05, 0.1) is 11.0 Å². The van der Waals surface area contributed by atoms with Crippen molar-refractivity contribution < 1.29 is 0 Å². The number of benzene rings is 9. The van der Waals surface area contributed by atoms with Gasteiger partial charge in [0.1, 0.15) is 0 Å². The SMILES string of the molecule is c1ccc(-c2c3ccccc3c(-c3ccc(-n4c5ccccc5c5c6ccccc6c6ccccc6c54)cc3)c3ccccc23)cc1. The minimum atomic E-state index is 1.16. The van der Waals surface area contributed by atoms with Gasteiger partial charge in [-0.3, -0.25) is 0 Å². The molecule has 0 atom stereocenters. The average Bonchev–Trinajstić information content (AvgIpc) is 3.50. The third kappa shape index (κ3) is 3.78. The molecule has 0 fully saturated rings. The van der Waals surface area contributed by atoms with E-state index in [1.165, 1.54) is 87.1 Å². The second-order valence-corrected chi connectivity index (χ2v) is 12.4. The number of fused-ring (bicyclic) bond motifs is 10. The first kappa shape index (κ1) is 26.1. The highest BCUT2D eigenvalue weighted by Crippen LogP contribution is 2.45. The Kier molecular flexibility index (Phi) is 5.64. The van der Waals surface area contributed by atoms with Crippen molar-refractivity contribution in [3.63, 3.8) is 0 Å². The Morgan fingerprint density at radius 3 is 1.26 bits per heavy atom. The number of hydrogen-bond donors (Lipinski definition) is 0. The molecule has 9 aromatic carbocycles. The first-order valence-electron chi connectivity index (χ1n) is 16.3. The van der Waals surface area contributed by atoms with Crippen LogP contribution in [0.2, 0.25) is 0 Å². The van der Waals surface area contributed by atoms with Crippen LogP contribution in [0.15, 0.2) is 176 Å². The summed E-state index contributed by atoms with van der Waals surface area (Å²) in [4.78, 5) is 0. The number of aromatic nitrogens is 1. The van der Waals surface area contributed by atoms with Crippen molar-refractivity contribution >= 4 is 64.9 Å². The number of rotatable bonds is 3. The second kappa shape index (κ2) is 10.2. The summed E-state index contributed by atoms with van der Waals surface area (Å²) in [5.41, 5.74) is 8.68. The van der Waals surface area contributed by atoms with E-state index in [9.17, 15) is 0 Å². The Morgan fingerprint density at radius 2 is 0.681 bits per heavy atom. The van der Waals surface area contributed by atoms with Crippen LogP contribution < -0.4 is 0 Å². The van der Waals surface area contributed by atoms with E-state index in [2.05, 4.69) is 180 Å². The zero-order valence-corrected chi connectivity index (χ0v) is 25.7. The predicted molar refractivity (Wildman–Crippen MR) is 202 cm³/mol. The summed E-state index contributed by atoms with van der Waals surface area (Å²) >= 11 is 0. The van der Waals surface area contributed by atoms with Crippen LogP contribution >= 0.6 is 0 Å². The first-order valence-corrected chi connectivity index (χ1v) is 16.3. The van der Waals surface area contributed by atoms with E-state index >= 15 is 0 Å². The van der Waals surface area contributed by atoms with Crippen molar-refractivity contribution in [2.75, 3.05) is 0 Å². The number of nitrogens with zero attached hydrogens (tertiary/aromatic N) is 1. The van der Waals surface area contributed by atoms with Gasteiger partial charge in [0, 0.05) is 21.8 Å². The molecule has 1 aromatic heterocycles. The molecule has 0 amide bonds. The number of hydrogen-bond acceptors (Lipinski definition) is 0. The Bertz CT molecular complexity index is 2760. The van der Waals surface area contributed by atoms with Gasteiger partial charge in [-0.05, 0) is 78.2 Å². The third-order valence-corrected chi connectivity index (χ3v) is 9.95. The molecule has 218 valence electrons. The highest BCUT2D eigenvalue weighted by molar-refractivity contribution is 6.32. The fraction of sp³-hybridized carbons (Fsp3) is 0. The van der Waals surface area contributed by atoms with Crippen LogP contribution in [0.1, 0.15) is 0 Å². The van der Waals surface area contributed by atoms with Crippen molar-refractivity contribution in [3.8, 4) is 27.9 Å². The van der Waals surface area contributed by atoms with E-state index in [1.807, 2.05) is 0 Å². The van der Waals surface area contributed by atoms with Gasteiger partial charge in [0.15, 0.2) is 0 Å². The molecule has 1 heterocycles. The van der Waals surface area contributed by atoms with Crippen molar-refractivity contribution in [1.29, 1.82) is 0 Å². The van der Waals surface area contributed by atoms with E-state index in [0.29, 0.717) is 0 Å². The number of para-hydroxylation sites is 1. The summed E-state index contributed by atoms with van der Waals surface area (Å²) in [5, 5.41) is 12.8. The monoisotopic (exact) mass is 595 g/mol. The molecule has 1 heteroatoms. The van der Waals surface area contributed by atoms with Crippen LogP contribution in [0.3, 0.4) is 0 Å². The molecule has 0 saturated heterocycles. The molecule has 10 rings (SSSR count). The molecule has 0 spiro atoms. The fourth-order valence-electron chi connectivity index (χ4n) is 8.03. The Balaban J connectivity index is 1.26. The molecule has 1 nitrogen and oxygen atoms in total. The van der Waals surface area contributed by atoms with Gasteiger partial charge in [0.25, 0.3) is 0 Å². The van der Waals surface area contributed by atoms with Gasteiger partial charge in [-0.25, -0.2) is 0 Å². The van der Waals surface area contributed by atoms with Crippen LogP contribution in [0, 0.1) is 0 Å². The zero-order chi connectivity index (χ0) is 30.9. The average molecular weight is 596 g/mol. The molecule has 10 aromatic rings. The predicted octanol–water partition coefficient (Wildman–Crippen LogP) is 12.7. The minimum absolute atomic E-state index is 1.16. The van der Waals surface area contributed by atoms with Crippen LogP contribution in [0.5, 0.6) is 0 Å². The van der Waals surface area contributed by atoms with Gasteiger partial charge in [-0.15, -0.1) is 0 Å². The van der Waals surface area contributed by atoms with Gasteiger partial charge < -0.3 is 4.57 Å². The van der Waals surface area contributed by atoms with Crippen LogP contribution in [0.4, 0.5) is 0 Å². The van der Waals surface area contributed by atoms with Crippen LogP contribution in [-0.4, -0.2) is 4.57 Å². The molecule has 0 unspecified atom stereocenters.